The predicted molar refractivity (Wildman–Crippen MR) is 105 cm³/mol. The number of thioether (sulfide) groups is 1. The minimum Gasteiger partial charge on any atom is -0.378 e. The smallest absolute Gasteiger partial charge is 0.255 e. The van der Waals surface area contributed by atoms with Gasteiger partial charge in [0.15, 0.2) is 0 Å². The number of hydrogen-bond donors (Lipinski definition) is 1. The summed E-state index contributed by atoms with van der Waals surface area (Å²) in [7, 11) is 0. The van der Waals surface area contributed by atoms with Gasteiger partial charge in [0.1, 0.15) is 5.82 Å². The maximum Gasteiger partial charge on any atom is 0.255 e. The number of rotatable bonds is 5. The van der Waals surface area contributed by atoms with Crippen molar-refractivity contribution >= 4 is 29.0 Å². The van der Waals surface area contributed by atoms with Gasteiger partial charge in [-0.3, -0.25) is 4.79 Å². The molecule has 0 bridgehead atoms. The van der Waals surface area contributed by atoms with Gasteiger partial charge in [-0.05, 0) is 42.5 Å². The fraction of sp³-hybridized carbons (Fsp3) is 0.350. The molecule has 1 amide bonds. The molecule has 0 atom stereocenters. The Labute approximate surface area is 157 Å². The van der Waals surface area contributed by atoms with E-state index in [1.165, 1.54) is 6.07 Å². The molecular formula is C20H23FN2O2S. The Kier molecular flexibility index (Phi) is 6.16. The zero-order valence-electron chi connectivity index (χ0n) is 15.0. The summed E-state index contributed by atoms with van der Waals surface area (Å²) < 4.78 is 19.7. The summed E-state index contributed by atoms with van der Waals surface area (Å²) in [4.78, 5) is 15.5. The average molecular weight is 374 g/mol. The molecule has 6 heteroatoms. The molecule has 0 aliphatic carbocycles. The van der Waals surface area contributed by atoms with Crippen molar-refractivity contribution in [3.8, 4) is 0 Å². The van der Waals surface area contributed by atoms with Gasteiger partial charge in [-0.15, -0.1) is 11.8 Å². The van der Waals surface area contributed by atoms with Crippen molar-refractivity contribution in [1.82, 2.24) is 0 Å². The summed E-state index contributed by atoms with van der Waals surface area (Å²) in [6, 6.07) is 12.2. The predicted octanol–water partition coefficient (Wildman–Crippen LogP) is 4.42. The Hall–Kier alpha value is -2.05. The molecular weight excluding hydrogens is 351 g/mol. The molecule has 0 spiro atoms. The highest BCUT2D eigenvalue weighted by atomic mass is 32.2. The van der Waals surface area contributed by atoms with Crippen molar-refractivity contribution in [2.45, 2.75) is 24.0 Å². The van der Waals surface area contributed by atoms with Crippen LogP contribution in [0.4, 0.5) is 15.8 Å². The summed E-state index contributed by atoms with van der Waals surface area (Å²) in [5.74, 6) is -0.585. The van der Waals surface area contributed by atoms with Gasteiger partial charge in [0.05, 0.1) is 18.9 Å². The molecule has 0 unspecified atom stereocenters. The maximum absolute atomic E-state index is 14.4. The molecule has 3 rings (SSSR count). The van der Waals surface area contributed by atoms with Crippen molar-refractivity contribution in [2.75, 3.05) is 36.5 Å². The van der Waals surface area contributed by atoms with E-state index in [1.807, 2.05) is 17.0 Å². The number of amides is 1. The van der Waals surface area contributed by atoms with Crippen LogP contribution in [-0.2, 0) is 4.74 Å². The lowest BCUT2D eigenvalue weighted by atomic mass is 10.2. The van der Waals surface area contributed by atoms with Crippen LogP contribution in [-0.4, -0.2) is 37.5 Å². The lowest BCUT2D eigenvalue weighted by Gasteiger charge is -2.29. The van der Waals surface area contributed by atoms with Crippen molar-refractivity contribution in [1.29, 1.82) is 0 Å². The summed E-state index contributed by atoms with van der Waals surface area (Å²) in [6.07, 6.45) is 0. The summed E-state index contributed by atoms with van der Waals surface area (Å²) >= 11 is 1.75. The third-order valence-corrected chi connectivity index (χ3v) is 5.06. The van der Waals surface area contributed by atoms with E-state index >= 15 is 0 Å². The van der Waals surface area contributed by atoms with E-state index in [1.54, 1.807) is 36.0 Å². The number of nitrogens with one attached hydrogen (secondary N) is 1. The number of ether oxygens (including phenoxy) is 1. The first-order valence-electron chi connectivity index (χ1n) is 8.73. The van der Waals surface area contributed by atoms with Gasteiger partial charge in [-0.25, -0.2) is 4.39 Å². The highest BCUT2D eigenvalue weighted by molar-refractivity contribution is 7.99. The molecule has 1 fully saturated rings. The monoisotopic (exact) mass is 374 g/mol. The second-order valence-corrected chi connectivity index (χ2v) is 8.06. The largest absolute Gasteiger partial charge is 0.378 e. The van der Waals surface area contributed by atoms with E-state index in [9.17, 15) is 9.18 Å². The Morgan fingerprint density at radius 3 is 2.46 bits per heavy atom. The molecule has 0 aromatic heterocycles. The van der Waals surface area contributed by atoms with Crippen LogP contribution in [0.25, 0.3) is 0 Å². The second-order valence-electron chi connectivity index (χ2n) is 6.41. The molecule has 1 saturated heterocycles. The topological polar surface area (TPSA) is 41.6 Å². The van der Waals surface area contributed by atoms with Gasteiger partial charge in [-0.2, -0.15) is 0 Å². The number of carbonyl (C=O) groups excluding carboxylic acids is 1. The average Bonchev–Trinajstić information content (AvgIpc) is 2.62. The Bertz CT molecular complexity index is 759. The fourth-order valence-corrected chi connectivity index (χ4v) is 3.64. The normalized spacial score (nSPS) is 14.5. The quantitative estimate of drug-likeness (QED) is 0.787. The van der Waals surface area contributed by atoms with Crippen molar-refractivity contribution in [2.24, 2.45) is 0 Å². The summed E-state index contributed by atoms with van der Waals surface area (Å²) in [5, 5.41) is 3.25. The van der Waals surface area contributed by atoms with Gasteiger partial charge in [0.25, 0.3) is 5.91 Å². The zero-order chi connectivity index (χ0) is 18.5. The fourth-order valence-electron chi connectivity index (χ4n) is 2.81. The maximum atomic E-state index is 14.4. The number of hydrogen-bond acceptors (Lipinski definition) is 4. The SMILES string of the molecule is CC(C)Sc1ccc(C(=O)Nc2ccc(N3CCOCC3)c(F)c2)cc1. The number of morpholine rings is 1. The standard InChI is InChI=1S/C20H23FN2O2S/c1-14(2)26-17-6-3-15(4-7-17)20(24)22-16-5-8-19(18(21)13-16)23-9-11-25-12-10-23/h3-8,13-14H,9-12H2,1-2H3,(H,22,24). The third-order valence-electron chi connectivity index (χ3n) is 4.05. The van der Waals surface area contributed by atoms with Gasteiger partial charge >= 0.3 is 0 Å². The van der Waals surface area contributed by atoms with Crippen molar-refractivity contribution in [3.63, 3.8) is 0 Å². The highest BCUT2D eigenvalue weighted by Gasteiger charge is 2.16. The molecule has 138 valence electrons. The van der Waals surface area contributed by atoms with Crippen molar-refractivity contribution in [3.05, 3.63) is 53.8 Å². The van der Waals surface area contributed by atoms with Gasteiger partial charge in [0, 0.05) is 34.5 Å². The third kappa shape index (κ3) is 4.77. The number of nitrogens with zero attached hydrogens (tertiary/aromatic N) is 1. The van der Waals surface area contributed by atoms with Crippen LogP contribution < -0.4 is 10.2 Å². The van der Waals surface area contributed by atoms with Crippen LogP contribution in [0, 0.1) is 5.82 Å². The molecule has 2 aromatic rings. The first-order chi connectivity index (χ1) is 12.5. The zero-order valence-corrected chi connectivity index (χ0v) is 15.8. The Morgan fingerprint density at radius 1 is 1.15 bits per heavy atom. The highest BCUT2D eigenvalue weighted by Crippen LogP contribution is 2.25. The van der Waals surface area contributed by atoms with E-state index in [0.29, 0.717) is 48.5 Å². The molecule has 1 aliphatic heterocycles. The summed E-state index contributed by atoms with van der Waals surface area (Å²) in [6.45, 7) is 6.79. The van der Waals surface area contributed by atoms with E-state index in [-0.39, 0.29) is 11.7 Å². The molecule has 1 heterocycles. The minimum absolute atomic E-state index is 0.246. The molecule has 26 heavy (non-hydrogen) atoms. The van der Waals surface area contributed by atoms with E-state index in [4.69, 9.17) is 4.74 Å². The van der Waals surface area contributed by atoms with Crippen LogP contribution in [0.5, 0.6) is 0 Å². The lowest BCUT2D eigenvalue weighted by molar-refractivity contribution is 0.102. The van der Waals surface area contributed by atoms with Crippen LogP contribution in [0.15, 0.2) is 47.4 Å². The molecule has 0 saturated carbocycles. The summed E-state index contributed by atoms with van der Waals surface area (Å²) in [5.41, 5.74) is 1.54. The van der Waals surface area contributed by atoms with Crippen LogP contribution in [0.2, 0.25) is 0 Å². The molecule has 0 radical (unpaired) electrons. The minimum atomic E-state index is -0.339. The van der Waals surface area contributed by atoms with Crippen LogP contribution >= 0.6 is 11.8 Å². The Balaban J connectivity index is 1.66. The van der Waals surface area contributed by atoms with Gasteiger partial charge in [-0.1, -0.05) is 13.8 Å². The second kappa shape index (κ2) is 8.56. The van der Waals surface area contributed by atoms with Crippen molar-refractivity contribution < 1.29 is 13.9 Å². The van der Waals surface area contributed by atoms with E-state index < -0.39 is 0 Å². The molecule has 1 aliphatic rings. The van der Waals surface area contributed by atoms with E-state index in [2.05, 4.69) is 19.2 Å². The number of anilines is 2. The molecule has 2 aromatic carbocycles. The van der Waals surface area contributed by atoms with Crippen LogP contribution in [0.1, 0.15) is 24.2 Å². The lowest BCUT2D eigenvalue weighted by Crippen LogP contribution is -2.36. The number of halogens is 1. The van der Waals surface area contributed by atoms with E-state index in [0.717, 1.165) is 4.90 Å². The number of carbonyl (C=O) groups is 1. The number of benzene rings is 2. The van der Waals surface area contributed by atoms with Crippen LogP contribution in [0.3, 0.4) is 0 Å². The molecule has 1 N–H and O–H groups in total. The Morgan fingerprint density at radius 2 is 1.85 bits per heavy atom. The first-order valence-corrected chi connectivity index (χ1v) is 9.61. The molecule has 4 nitrogen and oxygen atoms in total. The van der Waals surface area contributed by atoms with Gasteiger partial charge < -0.3 is 15.0 Å². The first kappa shape index (κ1) is 18.7. The van der Waals surface area contributed by atoms with Gasteiger partial charge in [0.2, 0.25) is 0 Å².